The van der Waals surface area contributed by atoms with Crippen LogP contribution >= 0.6 is 0 Å². The number of alkyl carbamates (subject to hydrolysis) is 1. The van der Waals surface area contributed by atoms with Gasteiger partial charge >= 0.3 is 6.09 Å². The van der Waals surface area contributed by atoms with Crippen molar-refractivity contribution in [3.63, 3.8) is 0 Å². The van der Waals surface area contributed by atoms with E-state index in [2.05, 4.69) is 10.6 Å². The SMILES string of the molecule is CCC(C)(C)N(C(=O)C(CC(C)C)NC(=O)OC(C)(C)C)C(C(=O)Nc1ccc2ccccc2c1)c1ccc(C)cc1. The van der Waals surface area contributed by atoms with Crippen LogP contribution in [0.1, 0.15) is 85.4 Å². The van der Waals surface area contributed by atoms with Gasteiger partial charge in [-0.1, -0.05) is 80.9 Å². The number of carbonyl (C=O) groups excluding carboxylic acids is 3. The lowest BCUT2D eigenvalue weighted by atomic mass is 9.90. The fourth-order valence-corrected chi connectivity index (χ4v) is 4.90. The van der Waals surface area contributed by atoms with Gasteiger partial charge in [0, 0.05) is 11.2 Å². The number of hydrogen-bond donors (Lipinski definition) is 2. The van der Waals surface area contributed by atoms with E-state index < -0.39 is 29.3 Å². The molecule has 0 aliphatic rings. The summed E-state index contributed by atoms with van der Waals surface area (Å²) in [5.74, 6) is -0.560. The van der Waals surface area contributed by atoms with Crippen molar-refractivity contribution in [3.8, 4) is 0 Å². The van der Waals surface area contributed by atoms with E-state index in [1.54, 1.807) is 25.7 Å². The molecule has 0 aliphatic heterocycles. The molecule has 3 aromatic rings. The van der Waals surface area contributed by atoms with E-state index in [0.717, 1.165) is 16.3 Å². The number of rotatable bonds is 10. The van der Waals surface area contributed by atoms with Gasteiger partial charge in [-0.2, -0.15) is 0 Å². The van der Waals surface area contributed by atoms with Crippen molar-refractivity contribution < 1.29 is 19.1 Å². The normalized spacial score (nSPS) is 13.4. The molecule has 0 saturated heterocycles. The summed E-state index contributed by atoms with van der Waals surface area (Å²) in [6, 6.07) is 19.6. The molecule has 42 heavy (non-hydrogen) atoms. The highest BCUT2D eigenvalue weighted by Crippen LogP contribution is 2.34. The first-order valence-corrected chi connectivity index (χ1v) is 14.8. The van der Waals surface area contributed by atoms with Crippen LogP contribution in [0.25, 0.3) is 10.8 Å². The van der Waals surface area contributed by atoms with Crippen LogP contribution in [0.15, 0.2) is 66.7 Å². The molecule has 226 valence electrons. The van der Waals surface area contributed by atoms with Crippen LogP contribution in [0.3, 0.4) is 0 Å². The summed E-state index contributed by atoms with van der Waals surface area (Å²) in [5, 5.41) is 7.98. The molecular formula is C35H47N3O4. The largest absolute Gasteiger partial charge is 0.444 e. The fourth-order valence-electron chi connectivity index (χ4n) is 4.90. The zero-order chi connectivity index (χ0) is 31.2. The van der Waals surface area contributed by atoms with Gasteiger partial charge < -0.3 is 20.3 Å². The number of nitrogens with one attached hydrogen (secondary N) is 2. The quantitative estimate of drug-likeness (QED) is 0.259. The first kappa shape index (κ1) is 32.6. The average molecular weight is 574 g/mol. The standard InChI is InChI=1S/C35H47N3O4/c1-10-35(8,9)38(32(40)29(21-23(2)3)37-33(41)42-34(5,6)7)30(26-17-15-24(4)16-18-26)31(39)36-28-20-19-25-13-11-12-14-27(25)22-28/h11-20,22-23,29-30H,10,21H2,1-9H3,(H,36,39)(H,37,41). The summed E-state index contributed by atoms with van der Waals surface area (Å²) in [6.45, 7) is 17.2. The van der Waals surface area contributed by atoms with Gasteiger partial charge in [-0.25, -0.2) is 4.79 Å². The highest BCUT2D eigenvalue weighted by atomic mass is 16.6. The topological polar surface area (TPSA) is 87.7 Å². The van der Waals surface area contributed by atoms with E-state index >= 15 is 0 Å². The summed E-state index contributed by atoms with van der Waals surface area (Å²) >= 11 is 0. The molecule has 3 amide bonds. The fraction of sp³-hybridized carbons (Fsp3) is 0.457. The number of benzene rings is 3. The van der Waals surface area contributed by atoms with E-state index in [-0.39, 0.29) is 17.7 Å². The van der Waals surface area contributed by atoms with Crippen LogP contribution in [0.2, 0.25) is 0 Å². The third-order valence-corrected chi connectivity index (χ3v) is 7.37. The van der Waals surface area contributed by atoms with Crippen LogP contribution in [0.5, 0.6) is 0 Å². The minimum Gasteiger partial charge on any atom is -0.444 e. The second-order valence-electron chi connectivity index (χ2n) is 13.1. The van der Waals surface area contributed by atoms with Gasteiger partial charge in [0.25, 0.3) is 5.91 Å². The monoisotopic (exact) mass is 573 g/mol. The number of ether oxygens (including phenoxy) is 1. The van der Waals surface area contributed by atoms with Crippen molar-refractivity contribution >= 4 is 34.4 Å². The Morgan fingerprint density at radius 2 is 1.50 bits per heavy atom. The van der Waals surface area contributed by atoms with E-state index in [1.165, 1.54) is 0 Å². The maximum atomic E-state index is 14.6. The molecule has 0 bridgehead atoms. The molecule has 0 spiro atoms. The minimum atomic E-state index is -0.949. The molecule has 0 heterocycles. The lowest BCUT2D eigenvalue weighted by Crippen LogP contribution is -2.59. The van der Waals surface area contributed by atoms with Gasteiger partial charge in [0.15, 0.2) is 0 Å². The summed E-state index contributed by atoms with van der Waals surface area (Å²) < 4.78 is 5.51. The third kappa shape index (κ3) is 8.57. The van der Waals surface area contributed by atoms with Gasteiger partial charge in [-0.05, 0) is 88.8 Å². The van der Waals surface area contributed by atoms with Gasteiger partial charge in [0.2, 0.25) is 5.91 Å². The predicted molar refractivity (Wildman–Crippen MR) is 170 cm³/mol. The molecule has 7 nitrogen and oxygen atoms in total. The number of anilines is 1. The molecule has 2 N–H and O–H groups in total. The van der Waals surface area contributed by atoms with Crippen molar-refractivity contribution in [2.75, 3.05) is 5.32 Å². The number of amides is 3. The van der Waals surface area contributed by atoms with Gasteiger partial charge in [-0.15, -0.1) is 0 Å². The maximum Gasteiger partial charge on any atom is 0.408 e. The Bertz CT molecular complexity index is 1390. The van der Waals surface area contributed by atoms with Crippen LogP contribution in [0.4, 0.5) is 10.5 Å². The Morgan fingerprint density at radius 1 is 0.881 bits per heavy atom. The van der Waals surface area contributed by atoms with E-state index in [9.17, 15) is 14.4 Å². The Hall–Kier alpha value is -3.87. The summed E-state index contributed by atoms with van der Waals surface area (Å²) in [4.78, 5) is 43.4. The average Bonchev–Trinajstić information content (AvgIpc) is 2.90. The molecule has 0 saturated carbocycles. The molecule has 2 atom stereocenters. The van der Waals surface area contributed by atoms with Crippen LogP contribution in [-0.4, -0.2) is 40.0 Å². The molecular weight excluding hydrogens is 526 g/mol. The lowest BCUT2D eigenvalue weighted by Gasteiger charge is -2.44. The number of carbonyl (C=O) groups is 3. The molecule has 0 fully saturated rings. The number of aryl methyl sites for hydroxylation is 1. The Kier molecular flexibility index (Phi) is 10.4. The highest BCUT2D eigenvalue weighted by molar-refractivity contribution is 6.00. The second-order valence-corrected chi connectivity index (χ2v) is 13.1. The lowest BCUT2D eigenvalue weighted by molar-refractivity contribution is -0.148. The van der Waals surface area contributed by atoms with Crippen molar-refractivity contribution in [3.05, 3.63) is 77.9 Å². The first-order valence-electron chi connectivity index (χ1n) is 14.8. The smallest absolute Gasteiger partial charge is 0.408 e. The molecule has 3 aromatic carbocycles. The van der Waals surface area contributed by atoms with Gasteiger partial charge in [0.05, 0.1) is 0 Å². The number of fused-ring (bicyclic) bond motifs is 1. The van der Waals surface area contributed by atoms with Gasteiger partial charge in [-0.3, -0.25) is 9.59 Å². The first-order chi connectivity index (χ1) is 19.6. The predicted octanol–water partition coefficient (Wildman–Crippen LogP) is 7.78. The molecule has 0 aromatic heterocycles. The van der Waals surface area contributed by atoms with E-state index in [4.69, 9.17) is 4.74 Å². The molecule has 7 heteroatoms. The number of nitrogens with zero attached hydrogens (tertiary/aromatic N) is 1. The van der Waals surface area contributed by atoms with Crippen molar-refractivity contribution in [2.45, 2.75) is 98.4 Å². The molecule has 2 unspecified atom stereocenters. The van der Waals surface area contributed by atoms with Crippen LogP contribution in [-0.2, 0) is 14.3 Å². The van der Waals surface area contributed by atoms with E-state index in [1.807, 2.05) is 108 Å². The van der Waals surface area contributed by atoms with Crippen LogP contribution in [0, 0.1) is 12.8 Å². The zero-order valence-corrected chi connectivity index (χ0v) is 26.6. The number of hydrogen-bond acceptors (Lipinski definition) is 4. The van der Waals surface area contributed by atoms with Crippen molar-refractivity contribution in [1.82, 2.24) is 10.2 Å². The maximum absolute atomic E-state index is 14.6. The minimum absolute atomic E-state index is 0.102. The van der Waals surface area contributed by atoms with Gasteiger partial charge in [0.1, 0.15) is 17.7 Å². The Morgan fingerprint density at radius 3 is 2.07 bits per heavy atom. The second kappa shape index (κ2) is 13.4. The van der Waals surface area contributed by atoms with Crippen molar-refractivity contribution in [1.29, 1.82) is 0 Å². The Labute approximate surface area is 251 Å². The van der Waals surface area contributed by atoms with Crippen LogP contribution < -0.4 is 10.6 Å². The summed E-state index contributed by atoms with van der Waals surface area (Å²) in [7, 11) is 0. The summed E-state index contributed by atoms with van der Waals surface area (Å²) in [5.41, 5.74) is 0.932. The van der Waals surface area contributed by atoms with Crippen molar-refractivity contribution in [2.24, 2.45) is 5.92 Å². The zero-order valence-electron chi connectivity index (χ0n) is 26.6. The molecule has 0 radical (unpaired) electrons. The molecule has 0 aliphatic carbocycles. The highest BCUT2D eigenvalue weighted by Gasteiger charge is 2.43. The van der Waals surface area contributed by atoms with E-state index in [0.29, 0.717) is 24.1 Å². The third-order valence-electron chi connectivity index (χ3n) is 7.37. The molecule has 3 rings (SSSR count). The Balaban J connectivity index is 2.09. The summed E-state index contributed by atoms with van der Waals surface area (Å²) in [6.07, 6.45) is 0.315.